The van der Waals surface area contributed by atoms with E-state index in [1.807, 2.05) is 13.8 Å². The molecule has 2 N–H and O–H groups in total. The van der Waals surface area contributed by atoms with E-state index in [0.29, 0.717) is 5.70 Å². The van der Waals surface area contributed by atoms with Gasteiger partial charge in [0.25, 0.3) is 6.43 Å². The summed E-state index contributed by atoms with van der Waals surface area (Å²) in [6.07, 6.45) is -0.854. The minimum atomic E-state index is -2.48. The smallest absolute Gasteiger partial charge is 0.276 e. The average Bonchev–Trinajstić information content (AvgIpc) is 2.05. The van der Waals surface area contributed by atoms with Crippen LogP contribution in [0.2, 0.25) is 0 Å². The Morgan fingerprint density at radius 1 is 1.36 bits per heavy atom. The Bertz CT molecular complexity index is 202. The number of halogens is 2. The number of aliphatic imine (C=N–C) groups is 1. The van der Waals surface area contributed by atoms with Gasteiger partial charge in [0.1, 0.15) is 0 Å². The van der Waals surface area contributed by atoms with Crippen molar-refractivity contribution in [2.75, 3.05) is 0 Å². The number of nitrogens with two attached hydrogens (primary N) is 1. The van der Waals surface area contributed by atoms with Crippen LogP contribution in [-0.4, -0.2) is 18.2 Å². The molecule has 0 aliphatic carbocycles. The van der Waals surface area contributed by atoms with Crippen LogP contribution in [0.25, 0.3) is 0 Å². The third-order valence-electron chi connectivity index (χ3n) is 1.17. The van der Waals surface area contributed by atoms with E-state index >= 15 is 0 Å². The molecule has 0 bridgehead atoms. The first-order valence-electron chi connectivity index (χ1n) is 4.71. The van der Waals surface area contributed by atoms with Gasteiger partial charge in [0.2, 0.25) is 0 Å². The molecule has 0 aromatic rings. The van der Waals surface area contributed by atoms with Gasteiger partial charge in [-0.1, -0.05) is 13.8 Å². The highest BCUT2D eigenvalue weighted by Crippen LogP contribution is 2.02. The van der Waals surface area contributed by atoms with Crippen LogP contribution in [0.15, 0.2) is 16.8 Å². The minimum Gasteiger partial charge on any atom is -0.325 e. The Hall–Kier alpha value is -0.770. The van der Waals surface area contributed by atoms with Crippen molar-refractivity contribution in [1.29, 1.82) is 0 Å². The topological polar surface area (TPSA) is 38.4 Å². The van der Waals surface area contributed by atoms with Crippen LogP contribution in [0.1, 0.15) is 36.0 Å². The Labute approximate surface area is 86.4 Å². The quantitative estimate of drug-likeness (QED) is 0.710. The molecule has 1 unspecified atom stereocenters. The number of rotatable bonds is 3. The van der Waals surface area contributed by atoms with Crippen molar-refractivity contribution in [2.45, 2.75) is 47.1 Å². The van der Waals surface area contributed by atoms with Crippen LogP contribution in [0.4, 0.5) is 8.78 Å². The summed E-state index contributed by atoms with van der Waals surface area (Å²) in [5.41, 5.74) is 5.77. The van der Waals surface area contributed by atoms with Crippen molar-refractivity contribution in [3.63, 3.8) is 0 Å². The summed E-state index contributed by atoms with van der Waals surface area (Å²) >= 11 is 0. The lowest BCUT2D eigenvalue weighted by atomic mass is 10.3. The first-order valence-corrected chi connectivity index (χ1v) is 4.71. The van der Waals surface area contributed by atoms with Gasteiger partial charge in [-0.3, -0.25) is 4.99 Å². The van der Waals surface area contributed by atoms with Crippen molar-refractivity contribution < 1.29 is 10.2 Å². The Balaban J connectivity index is -0.000000449. The number of hydrogen-bond acceptors (Lipinski definition) is 2. The molecular weight excluding hydrogens is 186 g/mol. The molecule has 2 nitrogen and oxygen atoms in total. The van der Waals surface area contributed by atoms with Crippen LogP contribution in [0, 0.1) is 0 Å². The monoisotopic (exact) mass is 208 g/mol. The molecule has 0 heterocycles. The first kappa shape index (κ1) is 15.7. The van der Waals surface area contributed by atoms with E-state index in [1.165, 1.54) is 6.92 Å². The molecule has 0 saturated heterocycles. The van der Waals surface area contributed by atoms with Crippen LogP contribution in [0.3, 0.4) is 0 Å². The van der Waals surface area contributed by atoms with Crippen molar-refractivity contribution in [2.24, 2.45) is 10.7 Å². The second kappa shape index (κ2) is 8.81. The fraction of sp³-hybridized carbons (Fsp3) is 0.700. The Morgan fingerprint density at radius 2 is 1.79 bits per heavy atom. The maximum atomic E-state index is 11.9. The van der Waals surface area contributed by atoms with Gasteiger partial charge in [0, 0.05) is 13.2 Å². The molecule has 0 aliphatic rings. The van der Waals surface area contributed by atoms with E-state index in [0.717, 1.165) is 0 Å². The van der Waals surface area contributed by atoms with Crippen LogP contribution < -0.4 is 5.73 Å². The molecular formula is C10H22F2N2. The SMILES string of the molecule is CC.CC(=N/C(C)=C\C(C)N)C(F)F.[HH]. The summed E-state index contributed by atoms with van der Waals surface area (Å²) in [5.74, 6) is 0. The molecule has 0 fully saturated rings. The van der Waals surface area contributed by atoms with E-state index in [-0.39, 0.29) is 13.2 Å². The maximum absolute atomic E-state index is 11.9. The van der Waals surface area contributed by atoms with Crippen molar-refractivity contribution in [1.82, 2.24) is 0 Å². The summed E-state index contributed by atoms with van der Waals surface area (Å²) < 4.78 is 23.9. The van der Waals surface area contributed by atoms with Gasteiger partial charge >= 0.3 is 0 Å². The Kier molecular flexibility index (Phi) is 9.88. The van der Waals surface area contributed by atoms with E-state index in [1.54, 1.807) is 19.9 Å². The lowest BCUT2D eigenvalue weighted by Crippen LogP contribution is -2.11. The molecule has 1 atom stereocenters. The normalized spacial score (nSPS) is 14.9. The zero-order chi connectivity index (χ0) is 11.7. The van der Waals surface area contributed by atoms with Crippen molar-refractivity contribution in [3.8, 4) is 0 Å². The third-order valence-corrected chi connectivity index (χ3v) is 1.17. The highest BCUT2D eigenvalue weighted by molar-refractivity contribution is 5.85. The Morgan fingerprint density at radius 3 is 2.07 bits per heavy atom. The summed E-state index contributed by atoms with van der Waals surface area (Å²) in [6, 6.07) is -0.153. The van der Waals surface area contributed by atoms with E-state index in [4.69, 9.17) is 5.73 Å². The number of nitrogens with zero attached hydrogens (tertiary/aromatic N) is 1. The first-order chi connectivity index (χ1) is 6.43. The molecule has 0 radical (unpaired) electrons. The summed E-state index contributed by atoms with van der Waals surface area (Å²) in [4.78, 5) is 3.66. The zero-order valence-electron chi connectivity index (χ0n) is 9.51. The van der Waals surface area contributed by atoms with E-state index < -0.39 is 6.43 Å². The molecule has 14 heavy (non-hydrogen) atoms. The second-order valence-corrected chi connectivity index (χ2v) is 2.72. The molecule has 0 spiro atoms. The summed E-state index contributed by atoms with van der Waals surface area (Å²) in [5, 5.41) is 0. The summed E-state index contributed by atoms with van der Waals surface area (Å²) in [7, 11) is 0. The van der Waals surface area contributed by atoms with E-state index in [9.17, 15) is 8.78 Å². The van der Waals surface area contributed by atoms with Gasteiger partial charge in [-0.05, 0) is 26.8 Å². The van der Waals surface area contributed by atoms with Gasteiger partial charge < -0.3 is 5.73 Å². The molecule has 0 saturated carbocycles. The van der Waals surface area contributed by atoms with Gasteiger partial charge in [0.05, 0.1) is 5.71 Å². The number of hydrogen-bond donors (Lipinski definition) is 1. The van der Waals surface area contributed by atoms with Crippen LogP contribution in [0.5, 0.6) is 0 Å². The standard InChI is InChI=1S/C8H14F2N2.C2H6.H2/c1-5(11)4-6(2)12-7(3)8(9)10;1-2;/h4-5,8H,11H2,1-3H3;1-2H3;1H/b6-4-,12-7?;;. The average molecular weight is 208 g/mol. The molecule has 86 valence electrons. The van der Waals surface area contributed by atoms with Gasteiger partial charge in [-0.2, -0.15) is 0 Å². The number of alkyl halides is 2. The molecule has 0 amide bonds. The van der Waals surface area contributed by atoms with E-state index in [2.05, 4.69) is 4.99 Å². The fourth-order valence-electron chi connectivity index (χ4n) is 0.745. The van der Waals surface area contributed by atoms with Gasteiger partial charge in [-0.15, -0.1) is 0 Å². The fourth-order valence-corrected chi connectivity index (χ4v) is 0.745. The third kappa shape index (κ3) is 9.32. The second-order valence-electron chi connectivity index (χ2n) is 2.72. The molecule has 0 rings (SSSR count). The molecule has 0 aromatic heterocycles. The number of allylic oxidation sites excluding steroid dienone is 1. The van der Waals surface area contributed by atoms with Gasteiger partial charge in [0.15, 0.2) is 0 Å². The molecule has 0 aromatic carbocycles. The van der Waals surface area contributed by atoms with Crippen LogP contribution in [-0.2, 0) is 0 Å². The highest BCUT2D eigenvalue weighted by Gasteiger charge is 2.05. The maximum Gasteiger partial charge on any atom is 0.276 e. The minimum absolute atomic E-state index is 0. The molecule has 0 aliphatic heterocycles. The lowest BCUT2D eigenvalue weighted by molar-refractivity contribution is 0.225. The largest absolute Gasteiger partial charge is 0.325 e. The lowest BCUT2D eigenvalue weighted by Gasteiger charge is -2.00. The predicted molar refractivity (Wildman–Crippen MR) is 60.0 cm³/mol. The summed E-state index contributed by atoms with van der Waals surface area (Å²) in [6.45, 7) is 8.70. The highest BCUT2D eigenvalue weighted by atomic mass is 19.3. The van der Waals surface area contributed by atoms with Gasteiger partial charge in [-0.25, -0.2) is 8.78 Å². The van der Waals surface area contributed by atoms with Crippen LogP contribution >= 0.6 is 0 Å². The predicted octanol–water partition coefficient (Wildman–Crippen LogP) is 3.24. The molecule has 4 heteroatoms. The zero-order valence-corrected chi connectivity index (χ0v) is 9.51. The van der Waals surface area contributed by atoms with Crippen molar-refractivity contribution >= 4 is 5.71 Å². The van der Waals surface area contributed by atoms with Crippen molar-refractivity contribution in [3.05, 3.63) is 11.8 Å².